The first-order chi connectivity index (χ1) is 7.23. The van der Waals surface area contributed by atoms with Gasteiger partial charge in [0.1, 0.15) is 0 Å². The van der Waals surface area contributed by atoms with Crippen molar-refractivity contribution in [1.82, 2.24) is 0 Å². The summed E-state index contributed by atoms with van der Waals surface area (Å²) in [6, 6.07) is 4.31. The first-order valence-electron chi connectivity index (χ1n) is 4.51. The number of rotatable bonds is 3. The minimum atomic E-state index is -3.33. The van der Waals surface area contributed by atoms with Crippen LogP contribution in [0.4, 0.5) is 5.69 Å². The van der Waals surface area contributed by atoms with Crippen molar-refractivity contribution in [2.75, 3.05) is 17.6 Å². The van der Waals surface area contributed by atoms with Gasteiger partial charge in [-0.2, -0.15) is 0 Å². The van der Waals surface area contributed by atoms with E-state index in [-0.39, 0.29) is 5.56 Å². The molecule has 0 aromatic heterocycles. The Morgan fingerprint density at radius 2 is 1.94 bits per heavy atom. The topological polar surface area (TPSA) is 74.7 Å². The fraction of sp³-hybridized carbons (Fsp3) is 0.300. The summed E-state index contributed by atoms with van der Waals surface area (Å²) in [4.78, 5) is 10.7. The lowest BCUT2D eigenvalue weighted by atomic mass is 10.1. The zero-order valence-electron chi connectivity index (χ0n) is 9.26. The number of sulfonamides is 1. The first-order valence-corrected chi connectivity index (χ1v) is 6.36. The number of carbonyl (C=O) groups is 1. The number of anilines is 1. The molecule has 0 unspecified atom stereocenters. The fourth-order valence-corrected chi connectivity index (χ4v) is 1.88. The van der Waals surface area contributed by atoms with Gasteiger partial charge in [-0.15, -0.1) is 0 Å². The number of carboxylic acid groups (broad SMARTS) is 1. The monoisotopic (exact) mass is 243 g/mol. The lowest BCUT2D eigenvalue weighted by Crippen LogP contribution is -2.25. The Morgan fingerprint density at radius 1 is 1.38 bits per heavy atom. The Bertz CT molecular complexity index is 522. The highest BCUT2D eigenvalue weighted by Gasteiger charge is 2.15. The Kier molecular flexibility index (Phi) is 3.23. The fourth-order valence-electron chi connectivity index (χ4n) is 1.32. The van der Waals surface area contributed by atoms with Gasteiger partial charge < -0.3 is 5.11 Å². The maximum atomic E-state index is 11.3. The number of hydrogen-bond donors (Lipinski definition) is 1. The van der Waals surface area contributed by atoms with Gasteiger partial charge >= 0.3 is 5.97 Å². The van der Waals surface area contributed by atoms with E-state index in [4.69, 9.17) is 5.11 Å². The van der Waals surface area contributed by atoms with E-state index in [9.17, 15) is 13.2 Å². The molecule has 1 N–H and O–H groups in total. The van der Waals surface area contributed by atoms with Gasteiger partial charge in [-0.3, -0.25) is 4.31 Å². The van der Waals surface area contributed by atoms with Gasteiger partial charge in [-0.25, -0.2) is 13.2 Å². The van der Waals surface area contributed by atoms with Crippen molar-refractivity contribution in [1.29, 1.82) is 0 Å². The molecule has 1 rings (SSSR count). The second-order valence-corrected chi connectivity index (χ2v) is 5.55. The van der Waals surface area contributed by atoms with Crippen LogP contribution in [0.25, 0.3) is 0 Å². The van der Waals surface area contributed by atoms with Crippen LogP contribution in [0.3, 0.4) is 0 Å². The number of aryl methyl sites for hydroxylation is 1. The van der Waals surface area contributed by atoms with Crippen LogP contribution < -0.4 is 4.31 Å². The number of aromatic carboxylic acids is 1. The maximum absolute atomic E-state index is 11.3. The highest BCUT2D eigenvalue weighted by molar-refractivity contribution is 7.92. The van der Waals surface area contributed by atoms with Crippen molar-refractivity contribution in [3.05, 3.63) is 29.3 Å². The molecule has 0 saturated carbocycles. The molecule has 1 aromatic rings. The maximum Gasteiger partial charge on any atom is 0.335 e. The summed E-state index contributed by atoms with van der Waals surface area (Å²) in [5, 5.41) is 8.77. The Balaban J connectivity index is 3.24. The highest BCUT2D eigenvalue weighted by Crippen LogP contribution is 2.22. The van der Waals surface area contributed by atoms with Crippen molar-refractivity contribution in [2.24, 2.45) is 0 Å². The van der Waals surface area contributed by atoms with E-state index >= 15 is 0 Å². The van der Waals surface area contributed by atoms with Crippen LogP contribution in [-0.4, -0.2) is 32.8 Å². The van der Waals surface area contributed by atoms with E-state index in [1.165, 1.54) is 25.2 Å². The smallest absolute Gasteiger partial charge is 0.335 e. The predicted molar refractivity (Wildman–Crippen MR) is 61.4 cm³/mol. The predicted octanol–water partition coefficient (Wildman–Crippen LogP) is 1.09. The molecule has 0 radical (unpaired) electrons. The average Bonchev–Trinajstić information content (AvgIpc) is 2.15. The summed E-state index contributed by atoms with van der Waals surface area (Å²) in [6.45, 7) is 1.67. The van der Waals surface area contributed by atoms with Crippen LogP contribution in [0.15, 0.2) is 18.2 Å². The van der Waals surface area contributed by atoms with E-state index in [1.54, 1.807) is 6.92 Å². The van der Waals surface area contributed by atoms with Gasteiger partial charge in [0.15, 0.2) is 0 Å². The number of benzene rings is 1. The molecule has 0 bridgehead atoms. The summed E-state index contributed by atoms with van der Waals surface area (Å²) in [6.07, 6.45) is 1.09. The molecule has 1 aromatic carbocycles. The standard InChI is InChI=1S/C10H13NO4S/c1-7-6-8(10(12)13)4-5-9(7)11(2)16(3,14)15/h4-6H,1-3H3,(H,12,13). The van der Waals surface area contributed by atoms with E-state index in [0.717, 1.165) is 10.6 Å². The molecule has 0 amide bonds. The molecule has 5 nitrogen and oxygen atoms in total. The summed E-state index contributed by atoms with van der Waals surface area (Å²) < 4.78 is 23.7. The molecule has 0 saturated heterocycles. The van der Waals surface area contributed by atoms with Gasteiger partial charge in [-0.05, 0) is 30.7 Å². The van der Waals surface area contributed by atoms with Crippen molar-refractivity contribution in [2.45, 2.75) is 6.92 Å². The Morgan fingerprint density at radius 3 is 2.31 bits per heavy atom. The minimum absolute atomic E-state index is 0.142. The molecular weight excluding hydrogens is 230 g/mol. The van der Waals surface area contributed by atoms with Crippen LogP contribution in [0.1, 0.15) is 15.9 Å². The van der Waals surface area contributed by atoms with Crippen molar-refractivity contribution >= 4 is 21.7 Å². The molecule has 0 atom stereocenters. The third kappa shape index (κ3) is 2.52. The molecule has 0 spiro atoms. The van der Waals surface area contributed by atoms with Gasteiger partial charge in [0.25, 0.3) is 0 Å². The summed E-state index contributed by atoms with van der Waals surface area (Å²) >= 11 is 0. The molecule has 0 aliphatic heterocycles. The van der Waals surface area contributed by atoms with E-state index in [2.05, 4.69) is 0 Å². The van der Waals surface area contributed by atoms with Gasteiger partial charge in [0.05, 0.1) is 17.5 Å². The third-order valence-corrected chi connectivity index (χ3v) is 3.47. The van der Waals surface area contributed by atoms with Gasteiger partial charge in [-0.1, -0.05) is 0 Å². The zero-order valence-corrected chi connectivity index (χ0v) is 10.1. The molecule has 16 heavy (non-hydrogen) atoms. The number of hydrogen-bond acceptors (Lipinski definition) is 3. The zero-order chi connectivity index (χ0) is 12.5. The van der Waals surface area contributed by atoms with Crippen LogP contribution in [0, 0.1) is 6.92 Å². The largest absolute Gasteiger partial charge is 0.478 e. The summed E-state index contributed by atoms with van der Waals surface area (Å²) in [5.41, 5.74) is 1.23. The van der Waals surface area contributed by atoms with E-state index in [1.807, 2.05) is 0 Å². The van der Waals surface area contributed by atoms with Gasteiger partial charge in [0.2, 0.25) is 10.0 Å². The minimum Gasteiger partial charge on any atom is -0.478 e. The normalized spacial score (nSPS) is 11.2. The molecule has 0 fully saturated rings. The van der Waals surface area contributed by atoms with Gasteiger partial charge in [0, 0.05) is 7.05 Å². The second-order valence-electron chi connectivity index (χ2n) is 3.54. The number of nitrogens with zero attached hydrogens (tertiary/aromatic N) is 1. The van der Waals surface area contributed by atoms with Crippen LogP contribution in [0.2, 0.25) is 0 Å². The van der Waals surface area contributed by atoms with Crippen LogP contribution in [0.5, 0.6) is 0 Å². The Hall–Kier alpha value is -1.56. The quantitative estimate of drug-likeness (QED) is 0.862. The van der Waals surface area contributed by atoms with E-state index < -0.39 is 16.0 Å². The molecule has 0 aliphatic rings. The molecule has 0 heterocycles. The lowest BCUT2D eigenvalue weighted by Gasteiger charge is -2.19. The van der Waals surface area contributed by atoms with E-state index in [0.29, 0.717) is 11.3 Å². The number of carboxylic acids is 1. The van der Waals surface area contributed by atoms with Crippen LogP contribution >= 0.6 is 0 Å². The van der Waals surface area contributed by atoms with Crippen molar-refractivity contribution < 1.29 is 18.3 Å². The first kappa shape index (κ1) is 12.5. The molecule has 6 heteroatoms. The second kappa shape index (κ2) is 4.13. The SMILES string of the molecule is Cc1cc(C(=O)O)ccc1N(C)S(C)(=O)=O. The third-order valence-electron chi connectivity index (χ3n) is 2.28. The summed E-state index contributed by atoms with van der Waals surface area (Å²) in [5.74, 6) is -1.03. The molecular formula is C10H13NO4S. The van der Waals surface area contributed by atoms with Crippen molar-refractivity contribution in [3.8, 4) is 0 Å². The Labute approximate surface area is 94.4 Å². The molecule has 88 valence electrons. The molecule has 0 aliphatic carbocycles. The van der Waals surface area contributed by atoms with Crippen LogP contribution in [-0.2, 0) is 10.0 Å². The van der Waals surface area contributed by atoms with Crippen molar-refractivity contribution in [3.63, 3.8) is 0 Å². The lowest BCUT2D eigenvalue weighted by molar-refractivity contribution is 0.0697. The average molecular weight is 243 g/mol. The summed E-state index contributed by atoms with van der Waals surface area (Å²) in [7, 11) is -1.90. The highest BCUT2D eigenvalue weighted by atomic mass is 32.2.